The molecule has 1 aliphatic rings. The van der Waals surface area contributed by atoms with Gasteiger partial charge >= 0.3 is 5.97 Å². The van der Waals surface area contributed by atoms with E-state index in [-0.39, 0.29) is 23.1 Å². The molecule has 0 radical (unpaired) electrons. The van der Waals surface area contributed by atoms with E-state index in [0.29, 0.717) is 54.3 Å². The van der Waals surface area contributed by atoms with Gasteiger partial charge in [0.25, 0.3) is 5.91 Å². The summed E-state index contributed by atoms with van der Waals surface area (Å²) in [6.07, 6.45) is 1.58. The third-order valence-electron chi connectivity index (χ3n) is 7.16. The number of nitrogens with one attached hydrogen (secondary N) is 1. The number of anilines is 2. The fraction of sp³-hybridized carbons (Fsp3) is 0.0571. The molecule has 5 aromatic rings. The van der Waals surface area contributed by atoms with Crippen molar-refractivity contribution in [2.24, 2.45) is 4.99 Å². The smallest absolute Gasteiger partial charge is 0.336 e. The number of amidine groups is 1. The Morgan fingerprint density at radius 1 is 0.935 bits per heavy atom. The minimum Gasteiger partial charge on any atom is -0.478 e. The van der Waals surface area contributed by atoms with Crippen LogP contribution < -0.4 is 10.2 Å². The quantitative estimate of drug-likeness (QED) is 0.169. The number of halogens is 2. The van der Waals surface area contributed by atoms with Gasteiger partial charge in [0.05, 0.1) is 37.8 Å². The lowest BCUT2D eigenvalue weighted by atomic mass is 10.0. The minimum absolute atomic E-state index is 0.159. The number of rotatable bonds is 7. The summed E-state index contributed by atoms with van der Waals surface area (Å²) in [5.41, 5.74) is 3.80. The molecular weight excluding hydrogens is 643 g/mol. The first-order valence-corrected chi connectivity index (χ1v) is 15.7. The third kappa shape index (κ3) is 6.39. The van der Waals surface area contributed by atoms with Crippen LogP contribution >= 0.6 is 35.0 Å². The molecule has 0 fully saturated rings. The van der Waals surface area contributed by atoms with Crippen LogP contribution in [-0.2, 0) is 9.59 Å². The highest BCUT2D eigenvalue weighted by Gasteiger charge is 2.34. The highest BCUT2D eigenvalue weighted by Crippen LogP contribution is 2.34. The zero-order chi connectivity index (χ0) is 32.4. The van der Waals surface area contributed by atoms with E-state index in [1.165, 1.54) is 4.90 Å². The van der Waals surface area contributed by atoms with Gasteiger partial charge in [-0.05, 0) is 61.0 Å². The lowest BCUT2D eigenvalue weighted by Gasteiger charge is -2.20. The van der Waals surface area contributed by atoms with Crippen molar-refractivity contribution in [3.05, 3.63) is 130 Å². The van der Waals surface area contributed by atoms with Crippen LogP contribution in [0, 0.1) is 0 Å². The molecule has 0 saturated carbocycles. The average Bonchev–Trinajstić information content (AvgIpc) is 3.36. The molecule has 2 heterocycles. The van der Waals surface area contributed by atoms with Crippen molar-refractivity contribution in [1.82, 2.24) is 4.98 Å². The molecule has 1 aromatic heterocycles. The second-order valence-electron chi connectivity index (χ2n) is 10.2. The maximum absolute atomic E-state index is 13.6. The molecule has 11 heteroatoms. The summed E-state index contributed by atoms with van der Waals surface area (Å²) in [7, 11) is 0. The number of nitrogens with zero attached hydrogens (tertiary/aromatic N) is 3. The molecule has 6 rings (SSSR count). The highest BCUT2D eigenvalue weighted by molar-refractivity contribution is 8.15. The zero-order valence-corrected chi connectivity index (χ0v) is 26.5. The van der Waals surface area contributed by atoms with E-state index >= 15 is 0 Å². The van der Waals surface area contributed by atoms with Crippen molar-refractivity contribution in [2.75, 3.05) is 10.2 Å². The van der Waals surface area contributed by atoms with Crippen molar-refractivity contribution in [1.29, 1.82) is 0 Å². The number of amides is 2. The van der Waals surface area contributed by atoms with Crippen LogP contribution in [0.4, 0.5) is 11.4 Å². The molecule has 0 bridgehead atoms. The summed E-state index contributed by atoms with van der Waals surface area (Å²) in [6.45, 7) is 1.73. The van der Waals surface area contributed by atoms with Crippen LogP contribution in [-0.4, -0.2) is 38.3 Å². The fourth-order valence-electron chi connectivity index (χ4n) is 4.84. The van der Waals surface area contributed by atoms with Gasteiger partial charge in [-0.15, -0.1) is 0 Å². The largest absolute Gasteiger partial charge is 0.478 e. The Kier molecular flexibility index (Phi) is 8.90. The molecule has 228 valence electrons. The Hall–Kier alpha value is -4.96. The summed E-state index contributed by atoms with van der Waals surface area (Å²) in [4.78, 5) is 49.4. The van der Waals surface area contributed by atoms with Gasteiger partial charge in [0, 0.05) is 16.6 Å². The molecule has 0 spiro atoms. The fourth-order valence-corrected chi connectivity index (χ4v) is 6.13. The van der Waals surface area contributed by atoms with Crippen molar-refractivity contribution in [2.45, 2.75) is 12.2 Å². The zero-order valence-electron chi connectivity index (χ0n) is 24.1. The summed E-state index contributed by atoms with van der Waals surface area (Å²) in [5, 5.41) is 13.6. The maximum Gasteiger partial charge on any atom is 0.336 e. The molecule has 0 saturated heterocycles. The summed E-state index contributed by atoms with van der Waals surface area (Å²) < 4.78 is 0. The Morgan fingerprint density at radius 3 is 2.39 bits per heavy atom. The van der Waals surface area contributed by atoms with Crippen molar-refractivity contribution >= 4 is 86.3 Å². The Morgan fingerprint density at radius 2 is 1.65 bits per heavy atom. The number of carboxylic acid groups (broad SMARTS) is 1. The summed E-state index contributed by atoms with van der Waals surface area (Å²) in [5.74, 6) is -1.69. The van der Waals surface area contributed by atoms with Gasteiger partial charge in [-0.2, -0.15) is 0 Å². The van der Waals surface area contributed by atoms with Gasteiger partial charge in [-0.1, -0.05) is 95.6 Å². The van der Waals surface area contributed by atoms with Gasteiger partial charge < -0.3 is 10.4 Å². The van der Waals surface area contributed by atoms with E-state index in [0.717, 1.165) is 11.8 Å². The van der Waals surface area contributed by atoms with E-state index in [1.54, 1.807) is 97.9 Å². The van der Waals surface area contributed by atoms with Crippen LogP contribution in [0.1, 0.15) is 22.8 Å². The number of fused-ring (bicyclic) bond motifs is 1. The average molecular weight is 668 g/mol. The van der Waals surface area contributed by atoms with Gasteiger partial charge in [0.2, 0.25) is 5.91 Å². The monoisotopic (exact) mass is 666 g/mol. The van der Waals surface area contributed by atoms with Gasteiger partial charge in [0.1, 0.15) is 5.70 Å². The molecule has 2 amide bonds. The number of carbonyl (C=O) groups is 3. The van der Waals surface area contributed by atoms with Crippen LogP contribution in [0.5, 0.6) is 0 Å². The summed E-state index contributed by atoms with van der Waals surface area (Å²) in [6, 6.07) is 29.8. The highest BCUT2D eigenvalue weighted by atomic mass is 35.5. The topological polar surface area (TPSA) is 112 Å². The predicted molar refractivity (Wildman–Crippen MR) is 186 cm³/mol. The molecule has 8 nitrogen and oxygen atoms in total. The van der Waals surface area contributed by atoms with E-state index < -0.39 is 11.2 Å². The number of para-hydroxylation sites is 2. The number of aromatic carboxylic acids is 1. The predicted octanol–water partition coefficient (Wildman–Crippen LogP) is 8.41. The van der Waals surface area contributed by atoms with E-state index in [9.17, 15) is 19.5 Å². The van der Waals surface area contributed by atoms with E-state index in [1.807, 2.05) is 18.2 Å². The number of benzene rings is 4. The van der Waals surface area contributed by atoms with E-state index in [4.69, 9.17) is 23.2 Å². The van der Waals surface area contributed by atoms with Crippen LogP contribution in [0.2, 0.25) is 10.0 Å². The third-order valence-corrected chi connectivity index (χ3v) is 9.05. The van der Waals surface area contributed by atoms with Crippen molar-refractivity contribution in [3.8, 4) is 11.3 Å². The molecule has 0 aliphatic carbocycles. The van der Waals surface area contributed by atoms with Crippen LogP contribution in [0.25, 0.3) is 28.2 Å². The second-order valence-corrected chi connectivity index (χ2v) is 12.3. The number of hydrogen-bond donors (Lipinski definition) is 2. The number of aliphatic imine (C=N–C) groups is 1. The minimum atomic E-state index is -1.04. The molecule has 1 atom stereocenters. The molecule has 1 aliphatic heterocycles. The number of pyridine rings is 1. The number of hydrogen-bond acceptors (Lipinski definition) is 6. The molecular formula is C35H24Cl2N4O4S. The van der Waals surface area contributed by atoms with Gasteiger partial charge in [0.15, 0.2) is 5.17 Å². The van der Waals surface area contributed by atoms with Crippen LogP contribution in [0.15, 0.2) is 114 Å². The first-order valence-electron chi connectivity index (χ1n) is 14.0. The molecule has 2 N–H and O–H groups in total. The molecule has 1 unspecified atom stereocenters. The second kappa shape index (κ2) is 13.2. The van der Waals surface area contributed by atoms with Crippen molar-refractivity contribution in [3.63, 3.8) is 0 Å². The lowest BCUT2D eigenvalue weighted by Crippen LogP contribution is -2.33. The van der Waals surface area contributed by atoms with Crippen LogP contribution in [0.3, 0.4) is 0 Å². The summed E-state index contributed by atoms with van der Waals surface area (Å²) >= 11 is 13.7. The Balaban J connectivity index is 1.21. The Bertz CT molecular complexity index is 2070. The number of carbonyl (C=O) groups excluding carboxylic acids is 2. The number of aromatic nitrogens is 1. The first-order chi connectivity index (χ1) is 22.2. The number of thioether (sulfide) groups is 1. The SMILES string of the molecule is CC(SC1=N/C(=C\c2cccc(Cl)c2Cl)C(=O)N1c1ccccc1)C(=O)Nc1ccc(-c2cc(C(=O)O)c3ccccc3n2)cc1. The van der Waals surface area contributed by atoms with E-state index in [2.05, 4.69) is 15.3 Å². The first kappa shape index (κ1) is 31.0. The molecule has 46 heavy (non-hydrogen) atoms. The Labute approximate surface area is 278 Å². The van der Waals surface area contributed by atoms with Gasteiger partial charge in [-0.3, -0.25) is 14.5 Å². The van der Waals surface area contributed by atoms with Gasteiger partial charge in [-0.25, -0.2) is 14.8 Å². The normalized spacial score (nSPS) is 14.4. The standard InChI is InChI=1S/C35H24Cl2N4O4S/c1-20(32(42)38-23-16-14-21(15-17-23)29-19-26(34(44)45)25-11-5-6-13-28(25)39-29)46-35-40-30(18-22-8-7-12-27(36)31(22)37)33(43)41(35)24-9-3-2-4-10-24/h2-20H,1H3,(H,38,42)(H,44,45)/b30-18-. The number of carboxylic acids is 1. The lowest BCUT2D eigenvalue weighted by molar-refractivity contribution is -0.115. The van der Waals surface area contributed by atoms with Crippen molar-refractivity contribution < 1.29 is 19.5 Å². The maximum atomic E-state index is 13.6. The molecule has 4 aromatic carbocycles.